The van der Waals surface area contributed by atoms with Crippen molar-refractivity contribution in [3.05, 3.63) is 86.3 Å². The number of aromatic hydroxyl groups is 1. The number of fused-ring (bicyclic) bond motifs is 2. The molecule has 1 aromatic carbocycles. The second kappa shape index (κ2) is 9.63. The Bertz CT molecular complexity index is 1320. The number of amides is 2. The van der Waals surface area contributed by atoms with Crippen molar-refractivity contribution >= 4 is 23.4 Å². The highest BCUT2D eigenvalue weighted by Crippen LogP contribution is 2.36. The second-order valence-corrected chi connectivity index (χ2v) is 8.48. The predicted molar refractivity (Wildman–Crippen MR) is 124 cm³/mol. The van der Waals surface area contributed by atoms with Crippen LogP contribution in [0.2, 0.25) is 5.02 Å². The van der Waals surface area contributed by atoms with E-state index >= 15 is 0 Å². The summed E-state index contributed by atoms with van der Waals surface area (Å²) in [6.07, 6.45) is 4.73. The van der Waals surface area contributed by atoms with Crippen LogP contribution in [0.1, 0.15) is 39.4 Å². The number of ether oxygens (including phenoxy) is 1. The quantitative estimate of drug-likeness (QED) is 0.588. The van der Waals surface area contributed by atoms with Crippen molar-refractivity contribution in [3.63, 3.8) is 0 Å². The number of hydrogen-bond acceptors (Lipinski definition) is 5. The molecule has 0 fully saturated rings. The van der Waals surface area contributed by atoms with Gasteiger partial charge in [0.15, 0.2) is 11.4 Å². The number of rotatable bonds is 6. The van der Waals surface area contributed by atoms with E-state index < -0.39 is 63.8 Å². The number of nitrogens with zero attached hydrogens (tertiary/aromatic N) is 2. The zero-order valence-corrected chi connectivity index (χ0v) is 19.4. The van der Waals surface area contributed by atoms with E-state index in [9.17, 15) is 28.3 Å². The maximum Gasteiger partial charge on any atom is 0.275 e. The van der Waals surface area contributed by atoms with E-state index in [-0.39, 0.29) is 24.4 Å². The molecular weight excluding hydrogens is 484 g/mol. The minimum absolute atomic E-state index is 0.0997. The van der Waals surface area contributed by atoms with Gasteiger partial charge in [-0.25, -0.2) is 8.78 Å². The SMILES string of the molecule is C=C1C=CCN2C(=O)c3c(O)c(=O)c(C(=O)NCc4ccc(F)c(Cl)c4F)cn3[C@@H](COCC)C12. The first kappa shape index (κ1) is 24.6. The smallest absolute Gasteiger partial charge is 0.275 e. The fourth-order valence-corrected chi connectivity index (χ4v) is 4.50. The number of hydrogen-bond donors (Lipinski definition) is 2. The minimum Gasteiger partial charge on any atom is -0.503 e. The summed E-state index contributed by atoms with van der Waals surface area (Å²) in [4.78, 5) is 40.4. The van der Waals surface area contributed by atoms with Gasteiger partial charge in [0.2, 0.25) is 5.43 Å². The van der Waals surface area contributed by atoms with Gasteiger partial charge in [-0.1, -0.05) is 36.4 Å². The standard InChI is InChI=1S/C24H22ClF2N3O5/c1-3-35-11-16-19-12(2)5-4-8-29(19)24(34)20-22(32)21(31)14(10-30(16)20)23(33)28-9-13-6-7-15(26)17(25)18(13)27/h4-7,10,16,19,32H,2-3,8-9,11H2,1H3,(H,28,33)/t16-,19?/m0/s1. The van der Waals surface area contributed by atoms with Gasteiger partial charge in [0.05, 0.1) is 18.7 Å². The Morgan fingerprint density at radius 3 is 2.80 bits per heavy atom. The second-order valence-electron chi connectivity index (χ2n) is 8.10. The molecule has 2 N–H and O–H groups in total. The molecule has 8 nitrogen and oxygen atoms in total. The van der Waals surface area contributed by atoms with Crippen LogP contribution in [-0.2, 0) is 11.3 Å². The van der Waals surface area contributed by atoms with Crippen molar-refractivity contribution in [3.8, 4) is 5.75 Å². The summed E-state index contributed by atoms with van der Waals surface area (Å²) in [7, 11) is 0. The van der Waals surface area contributed by atoms with Crippen LogP contribution in [0.4, 0.5) is 8.78 Å². The Hall–Kier alpha value is -3.50. The Labute approximate surface area is 204 Å². The molecule has 3 heterocycles. The fraction of sp³-hybridized carbons (Fsp3) is 0.292. The zero-order chi connectivity index (χ0) is 25.4. The molecule has 0 spiro atoms. The van der Waals surface area contributed by atoms with Gasteiger partial charge in [0, 0.05) is 31.5 Å². The predicted octanol–water partition coefficient (Wildman–Crippen LogP) is 2.94. The van der Waals surface area contributed by atoms with E-state index in [0.29, 0.717) is 12.2 Å². The Morgan fingerprint density at radius 1 is 1.34 bits per heavy atom. The lowest BCUT2D eigenvalue weighted by Gasteiger charge is -2.45. The van der Waals surface area contributed by atoms with Gasteiger partial charge in [-0.15, -0.1) is 0 Å². The molecule has 0 aliphatic carbocycles. The van der Waals surface area contributed by atoms with Gasteiger partial charge in [-0.2, -0.15) is 0 Å². The maximum atomic E-state index is 14.2. The summed E-state index contributed by atoms with van der Waals surface area (Å²) in [5, 5.41) is 12.3. The van der Waals surface area contributed by atoms with E-state index in [0.717, 1.165) is 12.1 Å². The Morgan fingerprint density at radius 2 is 2.09 bits per heavy atom. The molecule has 35 heavy (non-hydrogen) atoms. The molecule has 4 rings (SSSR count). The van der Waals surface area contributed by atoms with Crippen LogP contribution in [0, 0.1) is 11.6 Å². The first-order valence-electron chi connectivity index (χ1n) is 10.8. The molecule has 0 bridgehead atoms. The number of halogens is 3. The van der Waals surface area contributed by atoms with Crippen molar-refractivity contribution in [2.45, 2.75) is 25.6 Å². The van der Waals surface area contributed by atoms with Crippen LogP contribution in [0.5, 0.6) is 5.75 Å². The summed E-state index contributed by atoms with van der Waals surface area (Å²) in [5.74, 6) is -4.37. The van der Waals surface area contributed by atoms with Gasteiger partial charge in [-0.05, 0) is 18.6 Å². The average Bonchev–Trinajstić information content (AvgIpc) is 2.84. The van der Waals surface area contributed by atoms with Crippen LogP contribution in [0.25, 0.3) is 0 Å². The van der Waals surface area contributed by atoms with E-state index in [1.54, 1.807) is 19.1 Å². The van der Waals surface area contributed by atoms with Crippen LogP contribution >= 0.6 is 11.6 Å². The summed E-state index contributed by atoms with van der Waals surface area (Å²) < 4.78 is 34.6. The van der Waals surface area contributed by atoms with Gasteiger partial charge in [0.1, 0.15) is 22.2 Å². The molecule has 2 aliphatic heterocycles. The molecule has 2 aliphatic rings. The first-order chi connectivity index (χ1) is 16.7. The van der Waals surface area contributed by atoms with Crippen LogP contribution in [-0.4, -0.2) is 52.2 Å². The molecule has 2 aromatic rings. The maximum absolute atomic E-state index is 14.2. The molecule has 2 atom stereocenters. The van der Waals surface area contributed by atoms with Crippen molar-refractivity contribution in [2.75, 3.05) is 19.8 Å². The van der Waals surface area contributed by atoms with Crippen LogP contribution in [0.15, 0.2) is 47.4 Å². The molecule has 0 saturated carbocycles. The third-order valence-electron chi connectivity index (χ3n) is 6.04. The van der Waals surface area contributed by atoms with Crippen molar-refractivity contribution in [2.24, 2.45) is 0 Å². The molecule has 11 heteroatoms. The molecule has 1 aromatic heterocycles. The number of benzene rings is 1. The van der Waals surface area contributed by atoms with Gasteiger partial charge >= 0.3 is 0 Å². The lowest BCUT2D eigenvalue weighted by Crippen LogP contribution is -2.54. The summed E-state index contributed by atoms with van der Waals surface area (Å²) >= 11 is 5.57. The summed E-state index contributed by atoms with van der Waals surface area (Å²) in [6.45, 7) is 6.17. The Kier molecular flexibility index (Phi) is 6.77. The van der Waals surface area contributed by atoms with E-state index in [2.05, 4.69) is 11.9 Å². The number of pyridine rings is 1. The van der Waals surface area contributed by atoms with E-state index in [1.165, 1.54) is 15.7 Å². The molecular formula is C24H22ClF2N3O5. The number of aromatic nitrogens is 1. The van der Waals surface area contributed by atoms with E-state index in [1.807, 2.05) is 0 Å². The average molecular weight is 506 g/mol. The van der Waals surface area contributed by atoms with Crippen molar-refractivity contribution < 1.29 is 28.2 Å². The number of nitrogens with one attached hydrogen (secondary N) is 1. The molecule has 0 radical (unpaired) electrons. The summed E-state index contributed by atoms with van der Waals surface area (Å²) in [6, 6.07) is 0.973. The number of carbonyl (C=O) groups is 2. The molecule has 0 saturated heterocycles. The monoisotopic (exact) mass is 505 g/mol. The van der Waals surface area contributed by atoms with E-state index in [4.69, 9.17) is 16.3 Å². The van der Waals surface area contributed by atoms with Crippen LogP contribution in [0.3, 0.4) is 0 Å². The topological polar surface area (TPSA) is 101 Å². The minimum atomic E-state index is -1.06. The normalized spacial score (nSPS) is 18.9. The van der Waals surface area contributed by atoms with Crippen LogP contribution < -0.4 is 10.7 Å². The van der Waals surface area contributed by atoms with Crippen molar-refractivity contribution in [1.29, 1.82) is 0 Å². The highest BCUT2D eigenvalue weighted by atomic mass is 35.5. The lowest BCUT2D eigenvalue weighted by molar-refractivity contribution is 0.0397. The van der Waals surface area contributed by atoms with Gasteiger partial charge in [0.25, 0.3) is 11.8 Å². The number of carbonyl (C=O) groups excluding carboxylic acids is 2. The third kappa shape index (κ3) is 4.23. The van der Waals surface area contributed by atoms with Gasteiger partial charge < -0.3 is 24.6 Å². The molecule has 2 amide bonds. The fourth-order valence-electron chi connectivity index (χ4n) is 4.32. The summed E-state index contributed by atoms with van der Waals surface area (Å²) in [5.41, 5.74) is -1.24. The largest absolute Gasteiger partial charge is 0.503 e. The Balaban J connectivity index is 1.73. The zero-order valence-electron chi connectivity index (χ0n) is 18.7. The highest BCUT2D eigenvalue weighted by molar-refractivity contribution is 6.30. The van der Waals surface area contributed by atoms with Gasteiger partial charge in [-0.3, -0.25) is 14.4 Å². The highest BCUT2D eigenvalue weighted by Gasteiger charge is 2.43. The lowest BCUT2D eigenvalue weighted by atomic mass is 9.91. The molecule has 184 valence electrons. The molecule has 1 unspecified atom stereocenters. The van der Waals surface area contributed by atoms with Crippen molar-refractivity contribution in [1.82, 2.24) is 14.8 Å². The third-order valence-corrected chi connectivity index (χ3v) is 6.38. The first-order valence-corrected chi connectivity index (χ1v) is 11.2.